The molecule has 0 aliphatic heterocycles. The number of carbonyl (C=O) groups is 2. The molecule has 1 aromatic carbocycles. The van der Waals surface area contributed by atoms with Gasteiger partial charge in [0.1, 0.15) is 0 Å². The molecule has 3 fully saturated rings. The summed E-state index contributed by atoms with van der Waals surface area (Å²) in [4.78, 5) is 24.8. The minimum Gasteiger partial charge on any atom is -0.423 e. The first kappa shape index (κ1) is 29.1. The standard InChI is InChI=1S/C32H45F3O3/c1-3-5-20-6-8-21(9-7-20)22-10-12-23(13-11-22)24-14-16-25(17-15-24)32(37)38-28-19-18-26(27(36)4-2)29(30(28)33)31(34)35/h18-25,31H,3-17H2,1-2H3. The molecule has 0 amide bonds. The SMILES string of the molecule is CCCC1CCC(C2CCC(C3CCC(C(=O)Oc4ccc(C(=O)CC)c(C(F)F)c4F)CC3)CC2)CC1. The highest BCUT2D eigenvalue weighted by atomic mass is 19.3. The van der Waals surface area contributed by atoms with Crippen molar-refractivity contribution in [3.8, 4) is 5.75 Å². The van der Waals surface area contributed by atoms with Gasteiger partial charge in [0, 0.05) is 12.0 Å². The first-order valence-electron chi connectivity index (χ1n) is 15.2. The molecule has 3 nitrogen and oxygen atoms in total. The average molecular weight is 535 g/mol. The molecule has 1 aromatic rings. The van der Waals surface area contributed by atoms with Gasteiger partial charge in [0.2, 0.25) is 0 Å². The highest BCUT2D eigenvalue weighted by Gasteiger charge is 2.36. The van der Waals surface area contributed by atoms with Crippen molar-refractivity contribution in [2.24, 2.45) is 35.5 Å². The second-order valence-electron chi connectivity index (χ2n) is 12.2. The van der Waals surface area contributed by atoms with E-state index in [0.29, 0.717) is 18.8 Å². The van der Waals surface area contributed by atoms with Crippen LogP contribution in [0.25, 0.3) is 0 Å². The molecule has 0 atom stereocenters. The zero-order valence-electron chi connectivity index (χ0n) is 23.2. The number of carbonyl (C=O) groups excluding carboxylic acids is 2. The lowest BCUT2D eigenvalue weighted by Crippen LogP contribution is -2.32. The summed E-state index contributed by atoms with van der Waals surface area (Å²) in [7, 11) is 0. The van der Waals surface area contributed by atoms with Gasteiger partial charge in [0.25, 0.3) is 6.43 Å². The number of benzene rings is 1. The van der Waals surface area contributed by atoms with E-state index < -0.39 is 35.3 Å². The molecule has 0 aromatic heterocycles. The monoisotopic (exact) mass is 534 g/mol. The second-order valence-corrected chi connectivity index (χ2v) is 12.2. The summed E-state index contributed by atoms with van der Waals surface area (Å²) < 4.78 is 47.1. The first-order valence-corrected chi connectivity index (χ1v) is 15.2. The Morgan fingerprint density at radius 1 is 0.816 bits per heavy atom. The number of Topliss-reactive ketones (excluding diaryl/α,β-unsaturated/α-hetero) is 1. The fraction of sp³-hybridized carbons (Fsp3) is 0.750. The van der Waals surface area contributed by atoms with E-state index in [1.54, 1.807) is 0 Å². The number of ether oxygens (including phenoxy) is 1. The Hall–Kier alpha value is -1.85. The number of halogens is 3. The number of rotatable bonds is 9. The third-order valence-corrected chi connectivity index (χ3v) is 10.0. The summed E-state index contributed by atoms with van der Waals surface area (Å²) in [5.74, 6) is 0.856. The van der Waals surface area contributed by atoms with E-state index in [4.69, 9.17) is 4.74 Å². The molecule has 0 bridgehead atoms. The Kier molecular flexibility index (Phi) is 10.3. The fourth-order valence-corrected chi connectivity index (χ4v) is 7.76. The third-order valence-electron chi connectivity index (χ3n) is 10.0. The van der Waals surface area contributed by atoms with Crippen LogP contribution in [0.4, 0.5) is 13.2 Å². The van der Waals surface area contributed by atoms with Crippen molar-refractivity contribution in [3.63, 3.8) is 0 Å². The molecule has 3 saturated carbocycles. The summed E-state index contributed by atoms with van der Waals surface area (Å²) in [5.41, 5.74) is -1.32. The maximum atomic E-state index is 14.8. The lowest BCUT2D eigenvalue weighted by Gasteiger charge is -2.41. The van der Waals surface area contributed by atoms with Gasteiger partial charge >= 0.3 is 5.97 Å². The fourth-order valence-electron chi connectivity index (χ4n) is 7.76. The van der Waals surface area contributed by atoms with Gasteiger partial charge in [-0.25, -0.2) is 13.2 Å². The maximum Gasteiger partial charge on any atom is 0.314 e. The first-order chi connectivity index (χ1) is 18.3. The number of esters is 1. The van der Waals surface area contributed by atoms with E-state index >= 15 is 0 Å². The summed E-state index contributed by atoms with van der Waals surface area (Å²) in [5, 5.41) is 0. The van der Waals surface area contributed by atoms with E-state index in [-0.39, 0.29) is 17.9 Å². The Morgan fingerprint density at radius 3 is 1.79 bits per heavy atom. The highest BCUT2D eigenvalue weighted by molar-refractivity contribution is 5.97. The predicted molar refractivity (Wildman–Crippen MR) is 143 cm³/mol. The molecule has 0 spiro atoms. The van der Waals surface area contributed by atoms with Crippen LogP contribution in [-0.4, -0.2) is 11.8 Å². The van der Waals surface area contributed by atoms with E-state index in [1.165, 1.54) is 71.1 Å². The minimum absolute atomic E-state index is 0.0107. The van der Waals surface area contributed by atoms with Crippen molar-refractivity contribution in [3.05, 3.63) is 29.1 Å². The van der Waals surface area contributed by atoms with Crippen LogP contribution >= 0.6 is 0 Å². The third kappa shape index (κ3) is 6.83. The molecule has 212 valence electrons. The predicted octanol–water partition coefficient (Wildman–Crippen LogP) is 9.48. The van der Waals surface area contributed by atoms with Gasteiger partial charge in [-0.2, -0.15) is 0 Å². The van der Waals surface area contributed by atoms with Crippen LogP contribution in [0, 0.1) is 41.3 Å². The van der Waals surface area contributed by atoms with Gasteiger partial charge in [-0.15, -0.1) is 0 Å². The summed E-state index contributed by atoms with van der Waals surface area (Å²) in [6, 6.07) is 2.27. The summed E-state index contributed by atoms with van der Waals surface area (Å²) in [6.07, 6.45) is 13.8. The Labute approximate surface area is 226 Å². The van der Waals surface area contributed by atoms with Crippen LogP contribution in [0.3, 0.4) is 0 Å². The molecule has 0 saturated heterocycles. The van der Waals surface area contributed by atoms with Crippen molar-refractivity contribution in [1.82, 2.24) is 0 Å². The van der Waals surface area contributed by atoms with Gasteiger partial charge in [-0.05, 0) is 106 Å². The zero-order chi connectivity index (χ0) is 27.2. The summed E-state index contributed by atoms with van der Waals surface area (Å²) >= 11 is 0. The van der Waals surface area contributed by atoms with Crippen molar-refractivity contribution in [2.75, 3.05) is 0 Å². The lowest BCUT2D eigenvalue weighted by molar-refractivity contribution is -0.140. The van der Waals surface area contributed by atoms with Crippen molar-refractivity contribution >= 4 is 11.8 Å². The van der Waals surface area contributed by atoms with Crippen LogP contribution in [-0.2, 0) is 4.79 Å². The summed E-state index contributed by atoms with van der Waals surface area (Å²) in [6.45, 7) is 3.83. The number of alkyl halides is 2. The molecule has 3 aliphatic rings. The molecule has 38 heavy (non-hydrogen) atoms. The topological polar surface area (TPSA) is 43.4 Å². The van der Waals surface area contributed by atoms with Gasteiger partial charge in [-0.3, -0.25) is 9.59 Å². The molecule has 3 aliphatic carbocycles. The van der Waals surface area contributed by atoms with Crippen LogP contribution in [0.5, 0.6) is 5.75 Å². The van der Waals surface area contributed by atoms with Crippen LogP contribution < -0.4 is 4.74 Å². The molecule has 0 radical (unpaired) electrons. The lowest BCUT2D eigenvalue weighted by atomic mass is 9.65. The van der Waals surface area contributed by atoms with Gasteiger partial charge in [-0.1, -0.05) is 39.5 Å². The van der Waals surface area contributed by atoms with Gasteiger partial charge < -0.3 is 4.74 Å². The quantitative estimate of drug-likeness (QED) is 0.180. The molecular weight excluding hydrogens is 489 g/mol. The zero-order valence-corrected chi connectivity index (χ0v) is 23.2. The Balaban J connectivity index is 1.24. The highest BCUT2D eigenvalue weighted by Crippen LogP contribution is 2.46. The smallest absolute Gasteiger partial charge is 0.314 e. The van der Waals surface area contributed by atoms with E-state index in [2.05, 4.69) is 6.92 Å². The molecule has 0 unspecified atom stereocenters. The normalized spacial score (nSPS) is 30.3. The van der Waals surface area contributed by atoms with Crippen LogP contribution in [0.1, 0.15) is 133 Å². The van der Waals surface area contributed by atoms with Crippen LogP contribution in [0.15, 0.2) is 12.1 Å². The van der Waals surface area contributed by atoms with E-state index in [9.17, 15) is 22.8 Å². The van der Waals surface area contributed by atoms with Crippen LogP contribution in [0.2, 0.25) is 0 Å². The van der Waals surface area contributed by atoms with Crippen molar-refractivity contribution in [2.45, 2.75) is 117 Å². The second kappa shape index (κ2) is 13.5. The molecular formula is C32H45F3O3. The van der Waals surface area contributed by atoms with Gasteiger partial charge in [0.05, 0.1) is 11.5 Å². The largest absolute Gasteiger partial charge is 0.423 e. The van der Waals surface area contributed by atoms with E-state index in [0.717, 1.165) is 48.6 Å². The average Bonchev–Trinajstić information content (AvgIpc) is 2.94. The van der Waals surface area contributed by atoms with E-state index in [1.807, 2.05) is 0 Å². The number of hydrogen-bond acceptors (Lipinski definition) is 3. The molecule has 4 rings (SSSR count). The Bertz CT molecular complexity index is 938. The molecule has 0 heterocycles. The van der Waals surface area contributed by atoms with Gasteiger partial charge in [0.15, 0.2) is 17.3 Å². The number of hydrogen-bond donors (Lipinski definition) is 0. The maximum absolute atomic E-state index is 14.8. The Morgan fingerprint density at radius 2 is 1.32 bits per heavy atom. The molecule has 6 heteroatoms. The van der Waals surface area contributed by atoms with Crippen molar-refractivity contribution in [1.29, 1.82) is 0 Å². The van der Waals surface area contributed by atoms with Crippen molar-refractivity contribution < 1.29 is 27.5 Å². The number of ketones is 1. The minimum atomic E-state index is -3.17. The molecule has 0 N–H and O–H groups in total.